The zero-order valence-corrected chi connectivity index (χ0v) is 13.6. The quantitative estimate of drug-likeness (QED) is 0.865. The maximum absolute atomic E-state index is 12.8. The molecule has 4 fully saturated rings. The van der Waals surface area contributed by atoms with E-state index in [4.69, 9.17) is 11.6 Å². The molecule has 0 saturated heterocycles. The molecule has 0 aliphatic heterocycles. The second kappa shape index (κ2) is 5.23. The van der Waals surface area contributed by atoms with Crippen molar-refractivity contribution in [2.45, 2.75) is 49.8 Å². The second-order valence-corrected chi connectivity index (χ2v) is 8.52. The fourth-order valence-electron chi connectivity index (χ4n) is 5.45. The molecule has 1 amide bonds. The van der Waals surface area contributed by atoms with Gasteiger partial charge in [-0.15, -0.1) is 11.6 Å². The Bertz CT molecular complexity index is 560. The summed E-state index contributed by atoms with van der Waals surface area (Å²) in [5.74, 6) is 1.57. The minimum atomic E-state index is -0.185. The summed E-state index contributed by atoms with van der Waals surface area (Å²) in [6, 6.07) is 5.91. The highest BCUT2D eigenvalue weighted by atomic mass is 35.5. The van der Waals surface area contributed by atoms with E-state index in [1.807, 2.05) is 18.2 Å². The lowest BCUT2D eigenvalue weighted by atomic mass is 9.49. The van der Waals surface area contributed by atoms with E-state index in [0.29, 0.717) is 18.4 Å². The average molecular weight is 319 g/mol. The van der Waals surface area contributed by atoms with Gasteiger partial charge >= 0.3 is 0 Å². The molecule has 0 aromatic carbocycles. The zero-order chi connectivity index (χ0) is 15.2. The van der Waals surface area contributed by atoms with Crippen LogP contribution in [0.15, 0.2) is 24.4 Å². The van der Waals surface area contributed by atoms with Crippen LogP contribution in [0.5, 0.6) is 0 Å². The van der Waals surface area contributed by atoms with Gasteiger partial charge in [-0.1, -0.05) is 6.07 Å². The van der Waals surface area contributed by atoms with Crippen LogP contribution < -0.4 is 5.32 Å². The molecular weight excluding hydrogens is 296 g/mol. The van der Waals surface area contributed by atoms with E-state index < -0.39 is 0 Å². The van der Waals surface area contributed by atoms with Crippen LogP contribution in [0.25, 0.3) is 0 Å². The van der Waals surface area contributed by atoms with Crippen LogP contribution in [0, 0.1) is 17.3 Å². The number of rotatable bonds is 4. The Kier molecular flexibility index (Phi) is 3.44. The number of amides is 1. The van der Waals surface area contributed by atoms with E-state index >= 15 is 0 Å². The van der Waals surface area contributed by atoms with Crippen LogP contribution in [0.2, 0.25) is 0 Å². The molecule has 0 radical (unpaired) electrons. The molecule has 118 valence electrons. The lowest BCUT2D eigenvalue weighted by Gasteiger charge is -2.59. The summed E-state index contributed by atoms with van der Waals surface area (Å²) in [7, 11) is 0. The Morgan fingerprint density at radius 1 is 1.27 bits per heavy atom. The number of alkyl halides is 1. The standard InChI is InChI=1S/C18H23ClN2O/c19-18-10-13-7-14(11-18)9-17(8-13,12-18)16(22)21-6-4-15-3-1-2-5-20-15/h1-3,5,13-14H,4,6-12H2,(H,21,22)/t13-,14-,17?,18?/m1/s1. The van der Waals surface area contributed by atoms with Crippen molar-refractivity contribution in [1.82, 2.24) is 10.3 Å². The second-order valence-electron chi connectivity index (χ2n) is 7.72. The predicted octanol–water partition coefficient (Wildman–Crippen LogP) is 3.32. The molecule has 4 heteroatoms. The van der Waals surface area contributed by atoms with E-state index in [9.17, 15) is 4.79 Å². The van der Waals surface area contributed by atoms with Gasteiger partial charge in [0.25, 0.3) is 0 Å². The van der Waals surface area contributed by atoms with Crippen molar-refractivity contribution < 1.29 is 4.79 Å². The van der Waals surface area contributed by atoms with Crippen LogP contribution in [0.1, 0.15) is 44.2 Å². The summed E-state index contributed by atoms with van der Waals surface area (Å²) in [4.78, 5) is 17.1. The molecular formula is C18H23ClN2O. The maximum atomic E-state index is 12.8. The number of hydrogen-bond acceptors (Lipinski definition) is 2. The number of hydrogen-bond donors (Lipinski definition) is 1. The third-order valence-corrected chi connectivity index (χ3v) is 6.31. The molecule has 2 atom stereocenters. The molecule has 1 heterocycles. The third kappa shape index (κ3) is 2.54. The molecule has 1 N–H and O–H groups in total. The average Bonchev–Trinajstić information content (AvgIpc) is 2.45. The molecule has 0 unspecified atom stereocenters. The Balaban J connectivity index is 1.40. The van der Waals surface area contributed by atoms with E-state index in [1.54, 1.807) is 6.20 Å². The fraction of sp³-hybridized carbons (Fsp3) is 0.667. The van der Waals surface area contributed by atoms with E-state index in [-0.39, 0.29) is 16.2 Å². The highest BCUT2D eigenvalue weighted by molar-refractivity contribution is 6.24. The minimum absolute atomic E-state index is 0.0948. The number of carbonyl (C=O) groups is 1. The van der Waals surface area contributed by atoms with E-state index in [0.717, 1.165) is 44.2 Å². The SMILES string of the molecule is O=C(NCCc1ccccn1)C12C[C@H]3C[C@@H](CC(Cl)(C3)C1)C2. The van der Waals surface area contributed by atoms with Gasteiger partial charge in [0.2, 0.25) is 5.91 Å². The molecule has 4 saturated carbocycles. The Morgan fingerprint density at radius 3 is 2.68 bits per heavy atom. The van der Waals surface area contributed by atoms with E-state index in [1.165, 1.54) is 6.42 Å². The molecule has 4 bridgehead atoms. The van der Waals surface area contributed by atoms with E-state index in [2.05, 4.69) is 10.3 Å². The number of halogens is 1. The molecule has 4 aliphatic carbocycles. The first-order chi connectivity index (χ1) is 10.6. The third-order valence-electron chi connectivity index (χ3n) is 5.86. The monoisotopic (exact) mass is 318 g/mol. The van der Waals surface area contributed by atoms with Crippen LogP contribution >= 0.6 is 11.6 Å². The summed E-state index contributed by atoms with van der Waals surface area (Å²) in [5, 5.41) is 3.17. The van der Waals surface area contributed by atoms with Gasteiger partial charge < -0.3 is 5.32 Å². The van der Waals surface area contributed by atoms with Gasteiger partial charge in [-0.2, -0.15) is 0 Å². The van der Waals surface area contributed by atoms with Crippen molar-refractivity contribution in [3.63, 3.8) is 0 Å². The first-order valence-corrected chi connectivity index (χ1v) is 8.82. The topological polar surface area (TPSA) is 42.0 Å². The van der Waals surface area contributed by atoms with Crippen molar-refractivity contribution in [1.29, 1.82) is 0 Å². The first kappa shape index (κ1) is 14.5. The molecule has 0 spiro atoms. The highest BCUT2D eigenvalue weighted by Gasteiger charge is 2.59. The minimum Gasteiger partial charge on any atom is -0.355 e. The number of carbonyl (C=O) groups excluding carboxylic acids is 1. The Labute approximate surface area is 136 Å². The summed E-state index contributed by atoms with van der Waals surface area (Å²) in [5.41, 5.74) is 0.845. The van der Waals surface area contributed by atoms with Gasteiger partial charge in [-0.25, -0.2) is 0 Å². The zero-order valence-electron chi connectivity index (χ0n) is 12.9. The fourth-order valence-corrected chi connectivity index (χ4v) is 6.15. The summed E-state index contributed by atoms with van der Waals surface area (Å²) >= 11 is 6.80. The van der Waals surface area contributed by atoms with Crippen LogP contribution in [0.4, 0.5) is 0 Å². The maximum Gasteiger partial charge on any atom is 0.226 e. The van der Waals surface area contributed by atoms with Crippen LogP contribution in [-0.2, 0) is 11.2 Å². The molecule has 5 rings (SSSR count). The van der Waals surface area contributed by atoms with Crippen molar-refractivity contribution in [3.8, 4) is 0 Å². The van der Waals surface area contributed by atoms with Gasteiger partial charge in [-0.3, -0.25) is 9.78 Å². The summed E-state index contributed by atoms with van der Waals surface area (Å²) in [6.07, 6.45) is 9.10. The predicted molar refractivity (Wildman–Crippen MR) is 86.6 cm³/mol. The normalized spacial score (nSPS) is 39.0. The Hall–Kier alpha value is -1.09. The van der Waals surface area contributed by atoms with Crippen molar-refractivity contribution in [2.24, 2.45) is 17.3 Å². The lowest BCUT2D eigenvalue weighted by molar-refractivity contribution is -0.144. The largest absolute Gasteiger partial charge is 0.355 e. The summed E-state index contributed by atoms with van der Waals surface area (Å²) in [6.45, 7) is 0.669. The lowest BCUT2D eigenvalue weighted by Crippen LogP contribution is -2.58. The van der Waals surface area contributed by atoms with Crippen molar-refractivity contribution in [2.75, 3.05) is 6.54 Å². The van der Waals surface area contributed by atoms with Crippen molar-refractivity contribution >= 4 is 17.5 Å². The van der Waals surface area contributed by atoms with Crippen molar-refractivity contribution in [3.05, 3.63) is 30.1 Å². The smallest absolute Gasteiger partial charge is 0.226 e. The number of nitrogens with zero attached hydrogens (tertiary/aromatic N) is 1. The van der Waals surface area contributed by atoms with Crippen LogP contribution in [-0.4, -0.2) is 22.3 Å². The first-order valence-electron chi connectivity index (χ1n) is 8.44. The van der Waals surface area contributed by atoms with Gasteiger partial charge in [0, 0.05) is 29.7 Å². The number of aromatic nitrogens is 1. The number of nitrogens with one attached hydrogen (secondary N) is 1. The van der Waals surface area contributed by atoms with Gasteiger partial charge in [0.05, 0.1) is 5.41 Å². The van der Waals surface area contributed by atoms with Gasteiger partial charge in [-0.05, 0) is 62.5 Å². The van der Waals surface area contributed by atoms with Gasteiger partial charge in [0.1, 0.15) is 0 Å². The molecule has 3 nitrogen and oxygen atoms in total. The Morgan fingerprint density at radius 2 is 2.05 bits per heavy atom. The molecule has 4 aliphatic rings. The molecule has 1 aromatic heterocycles. The van der Waals surface area contributed by atoms with Gasteiger partial charge in [0.15, 0.2) is 0 Å². The molecule has 22 heavy (non-hydrogen) atoms. The molecule has 1 aromatic rings. The summed E-state index contributed by atoms with van der Waals surface area (Å²) < 4.78 is 0. The van der Waals surface area contributed by atoms with Crippen LogP contribution in [0.3, 0.4) is 0 Å². The highest BCUT2D eigenvalue weighted by Crippen LogP contribution is 2.63. The number of pyridine rings is 1.